The second-order valence-corrected chi connectivity index (χ2v) is 4.53. The van der Waals surface area contributed by atoms with Gasteiger partial charge in [-0.2, -0.15) is 0 Å². The molecule has 1 nitrogen and oxygen atoms in total. The third-order valence-corrected chi connectivity index (χ3v) is 2.80. The van der Waals surface area contributed by atoms with Crippen molar-refractivity contribution in [3.05, 3.63) is 35.4 Å². The van der Waals surface area contributed by atoms with Crippen LogP contribution in [0.4, 0.5) is 0 Å². The van der Waals surface area contributed by atoms with Crippen molar-refractivity contribution in [1.29, 1.82) is 0 Å². The molecule has 84 valence electrons. The second kappa shape index (κ2) is 5.92. The van der Waals surface area contributed by atoms with Crippen LogP contribution in [0.5, 0.6) is 0 Å². The number of hydrogen-bond acceptors (Lipinski definition) is 1. The summed E-state index contributed by atoms with van der Waals surface area (Å²) in [5.41, 5.74) is 2.83. The molecule has 1 rings (SSSR count). The van der Waals surface area contributed by atoms with E-state index in [9.17, 15) is 0 Å². The molecule has 1 aromatic rings. The van der Waals surface area contributed by atoms with E-state index in [1.54, 1.807) is 0 Å². The van der Waals surface area contributed by atoms with E-state index in [1.807, 2.05) is 0 Å². The third-order valence-electron chi connectivity index (χ3n) is 2.80. The summed E-state index contributed by atoms with van der Waals surface area (Å²) in [4.78, 5) is 0. The maximum absolute atomic E-state index is 3.63. The minimum atomic E-state index is 0.492. The molecule has 0 aliphatic heterocycles. The van der Waals surface area contributed by atoms with Crippen molar-refractivity contribution in [2.45, 2.75) is 40.2 Å². The highest BCUT2D eigenvalue weighted by Gasteiger charge is 2.15. The SMILES string of the molecule is CCCNC(c1ccccc1C)C(C)C. The molecule has 1 unspecified atom stereocenters. The molecule has 0 radical (unpaired) electrons. The molecule has 1 atom stereocenters. The maximum Gasteiger partial charge on any atom is 0.0346 e. The smallest absolute Gasteiger partial charge is 0.0346 e. The van der Waals surface area contributed by atoms with E-state index in [2.05, 4.69) is 57.3 Å². The summed E-state index contributed by atoms with van der Waals surface area (Å²) in [5.74, 6) is 0.637. The lowest BCUT2D eigenvalue weighted by Gasteiger charge is -2.24. The van der Waals surface area contributed by atoms with Crippen LogP contribution in [-0.2, 0) is 0 Å². The molecular weight excluding hydrogens is 182 g/mol. The fraction of sp³-hybridized carbons (Fsp3) is 0.571. The van der Waals surface area contributed by atoms with Crippen LogP contribution in [0.3, 0.4) is 0 Å². The third kappa shape index (κ3) is 3.35. The van der Waals surface area contributed by atoms with E-state index >= 15 is 0 Å². The van der Waals surface area contributed by atoms with E-state index in [-0.39, 0.29) is 0 Å². The topological polar surface area (TPSA) is 12.0 Å². The zero-order valence-corrected chi connectivity index (χ0v) is 10.4. The average molecular weight is 205 g/mol. The van der Waals surface area contributed by atoms with Crippen LogP contribution >= 0.6 is 0 Å². The van der Waals surface area contributed by atoms with E-state index < -0.39 is 0 Å². The van der Waals surface area contributed by atoms with Crippen molar-refractivity contribution in [3.63, 3.8) is 0 Å². The normalized spacial score (nSPS) is 13.1. The van der Waals surface area contributed by atoms with Crippen molar-refractivity contribution in [3.8, 4) is 0 Å². The van der Waals surface area contributed by atoms with E-state index in [0.717, 1.165) is 6.54 Å². The Balaban J connectivity index is 2.84. The number of benzene rings is 1. The van der Waals surface area contributed by atoms with Crippen molar-refractivity contribution < 1.29 is 0 Å². The van der Waals surface area contributed by atoms with Gasteiger partial charge in [-0.3, -0.25) is 0 Å². The van der Waals surface area contributed by atoms with Crippen LogP contribution in [0.2, 0.25) is 0 Å². The van der Waals surface area contributed by atoms with E-state index in [0.29, 0.717) is 12.0 Å². The first-order valence-corrected chi connectivity index (χ1v) is 5.95. The summed E-state index contributed by atoms with van der Waals surface area (Å²) in [6, 6.07) is 9.16. The molecule has 1 aromatic carbocycles. The number of aryl methyl sites for hydroxylation is 1. The molecule has 0 heterocycles. The van der Waals surface area contributed by atoms with Gasteiger partial charge < -0.3 is 5.32 Å². The molecule has 0 fully saturated rings. The Morgan fingerprint density at radius 3 is 2.40 bits per heavy atom. The standard InChI is InChI=1S/C14H23N/c1-5-10-15-14(11(2)3)13-9-7-6-8-12(13)4/h6-9,11,14-15H,5,10H2,1-4H3. The fourth-order valence-electron chi connectivity index (χ4n) is 1.94. The minimum absolute atomic E-state index is 0.492. The molecule has 15 heavy (non-hydrogen) atoms. The number of hydrogen-bond donors (Lipinski definition) is 1. The molecule has 1 heteroatoms. The summed E-state index contributed by atoms with van der Waals surface area (Å²) in [5, 5.41) is 3.63. The van der Waals surface area contributed by atoms with Gasteiger partial charge in [0.15, 0.2) is 0 Å². The van der Waals surface area contributed by atoms with Crippen LogP contribution in [0, 0.1) is 12.8 Å². The number of nitrogens with one attached hydrogen (secondary N) is 1. The Labute approximate surface area is 93.9 Å². The van der Waals surface area contributed by atoms with E-state index in [4.69, 9.17) is 0 Å². The monoisotopic (exact) mass is 205 g/mol. The zero-order valence-electron chi connectivity index (χ0n) is 10.4. The van der Waals surface area contributed by atoms with Crippen LogP contribution in [0.1, 0.15) is 44.4 Å². The highest BCUT2D eigenvalue weighted by atomic mass is 14.9. The lowest BCUT2D eigenvalue weighted by Crippen LogP contribution is -2.27. The Kier molecular flexibility index (Phi) is 4.83. The van der Waals surface area contributed by atoms with Gasteiger partial charge in [-0.05, 0) is 36.9 Å². The van der Waals surface area contributed by atoms with Gasteiger partial charge in [0, 0.05) is 6.04 Å². The molecule has 0 saturated heterocycles. The highest BCUT2D eigenvalue weighted by Crippen LogP contribution is 2.24. The summed E-state index contributed by atoms with van der Waals surface area (Å²) < 4.78 is 0. The van der Waals surface area contributed by atoms with Crippen LogP contribution in [0.15, 0.2) is 24.3 Å². The minimum Gasteiger partial charge on any atom is -0.310 e. The van der Waals surface area contributed by atoms with Crippen molar-refractivity contribution in [2.24, 2.45) is 5.92 Å². The predicted molar refractivity (Wildman–Crippen MR) is 67.1 cm³/mol. The van der Waals surface area contributed by atoms with Crippen molar-refractivity contribution in [1.82, 2.24) is 5.32 Å². The summed E-state index contributed by atoms with van der Waals surface area (Å²) in [7, 11) is 0. The quantitative estimate of drug-likeness (QED) is 0.773. The fourth-order valence-corrected chi connectivity index (χ4v) is 1.94. The molecule has 0 bridgehead atoms. The molecule has 0 spiro atoms. The summed E-state index contributed by atoms with van der Waals surface area (Å²) in [6.45, 7) is 10.1. The van der Waals surface area contributed by atoms with Gasteiger partial charge in [0.1, 0.15) is 0 Å². The average Bonchev–Trinajstić information content (AvgIpc) is 2.20. The molecule has 0 amide bonds. The van der Waals surface area contributed by atoms with Crippen molar-refractivity contribution >= 4 is 0 Å². The lowest BCUT2D eigenvalue weighted by atomic mass is 9.92. The largest absolute Gasteiger partial charge is 0.310 e. The molecule has 0 aliphatic rings. The van der Waals surface area contributed by atoms with Gasteiger partial charge in [0.2, 0.25) is 0 Å². The van der Waals surface area contributed by atoms with Gasteiger partial charge in [0.05, 0.1) is 0 Å². The van der Waals surface area contributed by atoms with Crippen LogP contribution in [-0.4, -0.2) is 6.54 Å². The molecular formula is C14H23N. The van der Waals surface area contributed by atoms with Gasteiger partial charge in [-0.15, -0.1) is 0 Å². The Morgan fingerprint density at radius 2 is 1.87 bits per heavy atom. The lowest BCUT2D eigenvalue weighted by molar-refractivity contribution is 0.411. The summed E-state index contributed by atoms with van der Waals surface area (Å²) >= 11 is 0. The number of rotatable bonds is 5. The van der Waals surface area contributed by atoms with Gasteiger partial charge >= 0.3 is 0 Å². The first kappa shape index (κ1) is 12.3. The van der Waals surface area contributed by atoms with Crippen molar-refractivity contribution in [2.75, 3.05) is 6.54 Å². The first-order chi connectivity index (χ1) is 7.16. The highest BCUT2D eigenvalue weighted by molar-refractivity contribution is 5.29. The predicted octanol–water partition coefficient (Wildman–Crippen LogP) is 3.69. The van der Waals surface area contributed by atoms with Gasteiger partial charge in [0.25, 0.3) is 0 Å². The molecule has 1 N–H and O–H groups in total. The zero-order chi connectivity index (χ0) is 11.3. The molecule has 0 aromatic heterocycles. The van der Waals surface area contributed by atoms with E-state index in [1.165, 1.54) is 17.5 Å². The Hall–Kier alpha value is -0.820. The first-order valence-electron chi connectivity index (χ1n) is 5.95. The summed E-state index contributed by atoms with van der Waals surface area (Å²) in [6.07, 6.45) is 1.19. The van der Waals surface area contributed by atoms with Crippen LogP contribution in [0.25, 0.3) is 0 Å². The Bertz CT molecular complexity index is 291. The van der Waals surface area contributed by atoms with Gasteiger partial charge in [-0.25, -0.2) is 0 Å². The Morgan fingerprint density at radius 1 is 1.20 bits per heavy atom. The molecule has 0 aliphatic carbocycles. The molecule has 0 saturated carbocycles. The van der Waals surface area contributed by atoms with Gasteiger partial charge in [-0.1, -0.05) is 45.0 Å². The second-order valence-electron chi connectivity index (χ2n) is 4.53. The maximum atomic E-state index is 3.63. The van der Waals surface area contributed by atoms with Crippen LogP contribution < -0.4 is 5.32 Å².